The third kappa shape index (κ3) is 3.02. The summed E-state index contributed by atoms with van der Waals surface area (Å²) < 4.78 is 0. The van der Waals surface area contributed by atoms with Crippen molar-refractivity contribution in [2.24, 2.45) is 0 Å². The molecule has 0 saturated carbocycles. The lowest BCUT2D eigenvalue weighted by atomic mass is 10.2. The predicted molar refractivity (Wildman–Crippen MR) is 77.2 cm³/mol. The molecule has 0 amide bonds. The van der Waals surface area contributed by atoms with Crippen LogP contribution < -0.4 is 10.2 Å². The van der Waals surface area contributed by atoms with Crippen LogP contribution in [-0.4, -0.2) is 23.1 Å². The highest BCUT2D eigenvalue weighted by Crippen LogP contribution is 2.22. The summed E-state index contributed by atoms with van der Waals surface area (Å²) in [6.45, 7) is 3.13. The summed E-state index contributed by atoms with van der Waals surface area (Å²) in [4.78, 5) is 10.5. The molecule has 1 aliphatic rings. The van der Waals surface area contributed by atoms with Gasteiger partial charge in [0.05, 0.1) is 0 Å². The maximum absolute atomic E-state index is 4.01. The van der Waals surface area contributed by atoms with E-state index in [4.69, 9.17) is 0 Å². The fourth-order valence-corrected chi connectivity index (χ4v) is 2.39. The molecule has 2 heterocycles. The van der Waals surface area contributed by atoms with Crippen LogP contribution in [0, 0.1) is 0 Å². The van der Waals surface area contributed by atoms with Crippen molar-refractivity contribution in [2.45, 2.75) is 19.4 Å². The quantitative estimate of drug-likeness (QED) is 0.910. The first-order valence-corrected chi connectivity index (χ1v) is 6.74. The molecule has 0 atom stereocenters. The standard InChI is InChI=1S/C15H18N4/c1-2-8-19(7-1)15-5-3-14(4-6-15)18-11-13-9-16-12-17-10-13/h3-6,9-10,12,18H,1-2,7-8,11H2. The van der Waals surface area contributed by atoms with Gasteiger partial charge in [-0.05, 0) is 37.1 Å². The second-order valence-corrected chi connectivity index (χ2v) is 4.84. The van der Waals surface area contributed by atoms with Gasteiger partial charge in [-0.3, -0.25) is 0 Å². The summed E-state index contributed by atoms with van der Waals surface area (Å²) in [6, 6.07) is 8.65. The van der Waals surface area contributed by atoms with Gasteiger partial charge in [0.25, 0.3) is 0 Å². The second-order valence-electron chi connectivity index (χ2n) is 4.84. The van der Waals surface area contributed by atoms with Crippen molar-refractivity contribution < 1.29 is 0 Å². The molecule has 2 aromatic rings. The van der Waals surface area contributed by atoms with Gasteiger partial charge in [-0.15, -0.1) is 0 Å². The number of nitrogens with zero attached hydrogens (tertiary/aromatic N) is 3. The van der Waals surface area contributed by atoms with E-state index in [9.17, 15) is 0 Å². The van der Waals surface area contributed by atoms with E-state index >= 15 is 0 Å². The Kier molecular flexibility index (Phi) is 3.58. The van der Waals surface area contributed by atoms with E-state index in [0.717, 1.165) is 17.8 Å². The smallest absolute Gasteiger partial charge is 0.115 e. The van der Waals surface area contributed by atoms with Crippen LogP contribution in [0.4, 0.5) is 11.4 Å². The first-order chi connectivity index (χ1) is 9.42. The van der Waals surface area contributed by atoms with Gasteiger partial charge >= 0.3 is 0 Å². The molecule has 4 heteroatoms. The molecule has 0 bridgehead atoms. The molecule has 1 aliphatic heterocycles. The Balaban J connectivity index is 1.60. The number of rotatable bonds is 4. The molecule has 1 N–H and O–H groups in total. The molecule has 0 spiro atoms. The van der Waals surface area contributed by atoms with Crippen LogP contribution in [0.15, 0.2) is 43.0 Å². The average molecular weight is 254 g/mol. The lowest BCUT2D eigenvalue weighted by Crippen LogP contribution is -2.17. The third-order valence-electron chi connectivity index (χ3n) is 3.45. The number of hydrogen-bond donors (Lipinski definition) is 1. The van der Waals surface area contributed by atoms with E-state index in [-0.39, 0.29) is 0 Å². The Bertz CT molecular complexity index is 503. The fourth-order valence-electron chi connectivity index (χ4n) is 2.39. The molecule has 4 nitrogen and oxygen atoms in total. The van der Waals surface area contributed by atoms with Crippen LogP contribution in [0.2, 0.25) is 0 Å². The number of aromatic nitrogens is 2. The number of anilines is 2. The van der Waals surface area contributed by atoms with Crippen molar-refractivity contribution in [3.8, 4) is 0 Å². The van der Waals surface area contributed by atoms with Crippen molar-refractivity contribution in [3.63, 3.8) is 0 Å². The predicted octanol–water partition coefficient (Wildman–Crippen LogP) is 2.69. The average Bonchev–Trinajstić information content (AvgIpc) is 3.01. The fraction of sp³-hybridized carbons (Fsp3) is 0.333. The van der Waals surface area contributed by atoms with Crippen LogP contribution >= 0.6 is 0 Å². The zero-order valence-electron chi connectivity index (χ0n) is 10.9. The Morgan fingerprint density at radius 3 is 2.37 bits per heavy atom. The molecule has 1 aromatic carbocycles. The monoisotopic (exact) mass is 254 g/mol. The number of nitrogens with one attached hydrogen (secondary N) is 1. The normalized spacial score (nSPS) is 14.6. The van der Waals surface area contributed by atoms with E-state index in [1.165, 1.54) is 31.6 Å². The van der Waals surface area contributed by atoms with Gasteiger partial charge in [-0.2, -0.15) is 0 Å². The van der Waals surface area contributed by atoms with Gasteiger partial charge in [-0.25, -0.2) is 9.97 Å². The van der Waals surface area contributed by atoms with Gasteiger partial charge in [0.2, 0.25) is 0 Å². The molecule has 19 heavy (non-hydrogen) atoms. The first-order valence-electron chi connectivity index (χ1n) is 6.74. The lowest BCUT2D eigenvalue weighted by molar-refractivity contribution is 0.949. The molecule has 3 rings (SSSR count). The van der Waals surface area contributed by atoms with Gasteiger partial charge in [0.1, 0.15) is 6.33 Å². The van der Waals surface area contributed by atoms with Crippen molar-refractivity contribution >= 4 is 11.4 Å². The molecule has 0 radical (unpaired) electrons. The Morgan fingerprint density at radius 1 is 1.00 bits per heavy atom. The highest BCUT2D eigenvalue weighted by atomic mass is 15.1. The molecule has 0 aliphatic carbocycles. The zero-order valence-corrected chi connectivity index (χ0v) is 10.9. The minimum absolute atomic E-state index is 0.754. The number of hydrogen-bond acceptors (Lipinski definition) is 4. The molecule has 0 unspecified atom stereocenters. The van der Waals surface area contributed by atoms with E-state index < -0.39 is 0 Å². The van der Waals surface area contributed by atoms with Crippen molar-refractivity contribution in [2.75, 3.05) is 23.3 Å². The van der Waals surface area contributed by atoms with Crippen LogP contribution in [0.25, 0.3) is 0 Å². The lowest BCUT2D eigenvalue weighted by Gasteiger charge is -2.18. The largest absolute Gasteiger partial charge is 0.381 e. The Hall–Kier alpha value is -2.10. The molecular formula is C15H18N4. The van der Waals surface area contributed by atoms with Crippen LogP contribution in [-0.2, 0) is 6.54 Å². The summed E-state index contributed by atoms with van der Waals surface area (Å²) in [5, 5.41) is 3.38. The molecule has 1 saturated heterocycles. The summed E-state index contributed by atoms with van der Waals surface area (Å²) in [5.74, 6) is 0. The van der Waals surface area contributed by atoms with Crippen LogP contribution in [0.5, 0.6) is 0 Å². The highest BCUT2D eigenvalue weighted by Gasteiger charge is 2.11. The van der Waals surface area contributed by atoms with Crippen LogP contribution in [0.1, 0.15) is 18.4 Å². The highest BCUT2D eigenvalue weighted by molar-refractivity contribution is 5.55. The Labute approximate surface area is 113 Å². The van der Waals surface area contributed by atoms with Gasteiger partial charge in [-0.1, -0.05) is 0 Å². The molecule has 1 fully saturated rings. The molecule has 98 valence electrons. The van der Waals surface area contributed by atoms with Crippen LogP contribution in [0.3, 0.4) is 0 Å². The SMILES string of the molecule is c1ncc(CNc2ccc(N3CCCC3)cc2)cn1. The van der Waals surface area contributed by atoms with Gasteiger partial charge in [0, 0.05) is 49.0 Å². The Morgan fingerprint density at radius 2 is 1.68 bits per heavy atom. The van der Waals surface area contributed by atoms with E-state index in [1.54, 1.807) is 6.33 Å². The van der Waals surface area contributed by atoms with E-state index in [1.807, 2.05) is 12.4 Å². The van der Waals surface area contributed by atoms with E-state index in [2.05, 4.69) is 44.5 Å². The number of benzene rings is 1. The minimum atomic E-state index is 0.754. The first kappa shape index (κ1) is 12.0. The second kappa shape index (κ2) is 5.69. The third-order valence-corrected chi connectivity index (χ3v) is 3.45. The topological polar surface area (TPSA) is 41.1 Å². The summed E-state index contributed by atoms with van der Waals surface area (Å²) in [5.41, 5.74) is 3.55. The molecular weight excluding hydrogens is 236 g/mol. The molecule has 1 aromatic heterocycles. The maximum atomic E-state index is 4.01. The van der Waals surface area contributed by atoms with Crippen molar-refractivity contribution in [3.05, 3.63) is 48.5 Å². The van der Waals surface area contributed by atoms with E-state index in [0.29, 0.717) is 0 Å². The van der Waals surface area contributed by atoms with Gasteiger partial charge < -0.3 is 10.2 Å². The van der Waals surface area contributed by atoms with Gasteiger partial charge in [0.15, 0.2) is 0 Å². The van der Waals surface area contributed by atoms with Crippen molar-refractivity contribution in [1.29, 1.82) is 0 Å². The zero-order chi connectivity index (χ0) is 12.9. The maximum Gasteiger partial charge on any atom is 0.115 e. The van der Waals surface area contributed by atoms with Crippen molar-refractivity contribution in [1.82, 2.24) is 9.97 Å². The summed E-state index contributed by atoms with van der Waals surface area (Å²) in [7, 11) is 0. The minimum Gasteiger partial charge on any atom is -0.381 e. The summed E-state index contributed by atoms with van der Waals surface area (Å²) >= 11 is 0. The summed E-state index contributed by atoms with van der Waals surface area (Å²) in [6.07, 6.45) is 7.84.